The summed E-state index contributed by atoms with van der Waals surface area (Å²) in [6.45, 7) is 4.89. The molecule has 82 valence electrons. The highest BCUT2D eigenvalue weighted by atomic mass is 32.1. The fraction of sp³-hybridized carbons (Fsp3) is 0.667. The molecule has 0 radical (unpaired) electrons. The minimum absolute atomic E-state index is 0.525. The van der Waals surface area contributed by atoms with Crippen LogP contribution in [-0.2, 0) is 4.79 Å². The van der Waals surface area contributed by atoms with Gasteiger partial charge in [-0.25, -0.2) is 4.98 Å². The molecule has 1 aliphatic heterocycles. The number of aliphatic carboxylic acids is 1. The fourth-order valence-electron chi connectivity index (χ4n) is 1.71. The van der Waals surface area contributed by atoms with Crippen molar-refractivity contribution in [3.8, 4) is 0 Å². The fourth-order valence-corrected chi connectivity index (χ4v) is 2.41. The molecule has 1 aromatic heterocycles. The quantitative estimate of drug-likeness (QED) is 0.821. The van der Waals surface area contributed by atoms with Crippen LogP contribution in [-0.4, -0.2) is 33.5 Å². The predicted molar refractivity (Wildman–Crippen MR) is 57.2 cm³/mol. The third-order valence-corrected chi connectivity index (χ3v) is 3.65. The molecule has 0 spiro atoms. The monoisotopic (exact) mass is 227 g/mol. The third kappa shape index (κ3) is 1.81. The maximum atomic E-state index is 11.0. The summed E-state index contributed by atoms with van der Waals surface area (Å²) in [6.07, 6.45) is 0.668. The van der Waals surface area contributed by atoms with Gasteiger partial charge in [0, 0.05) is 24.6 Å². The highest BCUT2D eigenvalue weighted by Gasteiger charge is 2.41. The van der Waals surface area contributed by atoms with E-state index in [1.54, 1.807) is 6.92 Å². The first kappa shape index (κ1) is 10.4. The summed E-state index contributed by atoms with van der Waals surface area (Å²) >= 11 is 1.33. The second kappa shape index (κ2) is 3.44. The molecule has 1 unspecified atom stereocenters. The number of aryl methyl sites for hydroxylation is 1. The standard InChI is InChI=1S/C9H13N3O2S/c1-6-10-8(15-11-6)12-4-3-9(2,5-12)7(13)14/h3-5H2,1-2H3,(H,13,14). The second-order valence-corrected chi connectivity index (χ2v) is 4.89. The van der Waals surface area contributed by atoms with E-state index < -0.39 is 11.4 Å². The van der Waals surface area contributed by atoms with E-state index >= 15 is 0 Å². The highest BCUT2D eigenvalue weighted by Crippen LogP contribution is 2.33. The predicted octanol–water partition coefficient (Wildman–Crippen LogP) is 1.15. The molecule has 0 saturated carbocycles. The average Bonchev–Trinajstić information content (AvgIpc) is 2.73. The normalized spacial score (nSPS) is 25.9. The van der Waals surface area contributed by atoms with E-state index in [-0.39, 0.29) is 0 Å². The van der Waals surface area contributed by atoms with E-state index in [4.69, 9.17) is 5.11 Å². The molecule has 1 N–H and O–H groups in total. The van der Waals surface area contributed by atoms with Crippen molar-refractivity contribution in [2.45, 2.75) is 20.3 Å². The first-order chi connectivity index (χ1) is 7.01. The molecular weight excluding hydrogens is 214 g/mol. The van der Waals surface area contributed by atoms with E-state index in [9.17, 15) is 4.79 Å². The van der Waals surface area contributed by atoms with Crippen LogP contribution in [0.4, 0.5) is 5.13 Å². The molecule has 1 saturated heterocycles. The highest BCUT2D eigenvalue weighted by molar-refractivity contribution is 7.09. The van der Waals surface area contributed by atoms with Crippen molar-refractivity contribution in [1.29, 1.82) is 0 Å². The summed E-state index contributed by atoms with van der Waals surface area (Å²) in [5, 5.41) is 9.91. The van der Waals surface area contributed by atoms with Crippen molar-refractivity contribution >= 4 is 22.6 Å². The Bertz CT molecular complexity index is 392. The van der Waals surface area contributed by atoms with Crippen LogP contribution in [0.1, 0.15) is 19.2 Å². The van der Waals surface area contributed by atoms with Crippen LogP contribution in [0.3, 0.4) is 0 Å². The number of carboxylic acids is 1. The number of nitrogens with zero attached hydrogens (tertiary/aromatic N) is 3. The van der Waals surface area contributed by atoms with Crippen molar-refractivity contribution in [2.24, 2.45) is 5.41 Å². The van der Waals surface area contributed by atoms with Gasteiger partial charge in [-0.2, -0.15) is 4.37 Å². The molecular formula is C9H13N3O2S. The van der Waals surface area contributed by atoms with E-state index in [1.807, 2.05) is 11.8 Å². The average molecular weight is 227 g/mol. The molecule has 0 aromatic carbocycles. The summed E-state index contributed by atoms with van der Waals surface area (Å²) in [7, 11) is 0. The largest absolute Gasteiger partial charge is 0.481 e. The minimum Gasteiger partial charge on any atom is -0.481 e. The van der Waals surface area contributed by atoms with Crippen molar-refractivity contribution < 1.29 is 9.90 Å². The Kier molecular flexibility index (Phi) is 2.38. The van der Waals surface area contributed by atoms with Gasteiger partial charge in [-0.05, 0) is 20.3 Å². The van der Waals surface area contributed by atoms with Crippen molar-refractivity contribution in [2.75, 3.05) is 18.0 Å². The summed E-state index contributed by atoms with van der Waals surface area (Å²) in [4.78, 5) is 17.3. The number of carboxylic acid groups (broad SMARTS) is 1. The van der Waals surface area contributed by atoms with E-state index in [0.29, 0.717) is 13.0 Å². The zero-order valence-electron chi connectivity index (χ0n) is 8.73. The Labute approximate surface area is 91.9 Å². The number of carbonyl (C=O) groups is 1. The Morgan fingerprint density at radius 2 is 2.40 bits per heavy atom. The number of hydrogen-bond donors (Lipinski definition) is 1. The topological polar surface area (TPSA) is 66.3 Å². The van der Waals surface area contributed by atoms with Gasteiger partial charge in [-0.15, -0.1) is 0 Å². The van der Waals surface area contributed by atoms with E-state index in [1.165, 1.54) is 11.5 Å². The molecule has 6 heteroatoms. The lowest BCUT2D eigenvalue weighted by molar-refractivity contribution is -0.146. The Morgan fingerprint density at radius 1 is 1.67 bits per heavy atom. The minimum atomic E-state index is -0.730. The third-order valence-electron chi connectivity index (χ3n) is 2.78. The Hall–Kier alpha value is -1.17. The van der Waals surface area contributed by atoms with Crippen LogP contribution >= 0.6 is 11.5 Å². The van der Waals surface area contributed by atoms with Gasteiger partial charge >= 0.3 is 5.97 Å². The smallest absolute Gasteiger partial charge is 0.311 e. The molecule has 5 nitrogen and oxygen atoms in total. The van der Waals surface area contributed by atoms with Crippen LogP contribution in [0.2, 0.25) is 0 Å². The molecule has 15 heavy (non-hydrogen) atoms. The molecule has 2 heterocycles. The molecule has 2 rings (SSSR count). The van der Waals surface area contributed by atoms with Crippen molar-refractivity contribution in [1.82, 2.24) is 9.36 Å². The number of hydrogen-bond acceptors (Lipinski definition) is 5. The number of anilines is 1. The van der Waals surface area contributed by atoms with Crippen LogP contribution in [0, 0.1) is 12.3 Å². The molecule has 1 aromatic rings. The number of aromatic nitrogens is 2. The number of rotatable bonds is 2. The Balaban J connectivity index is 2.14. The summed E-state index contributed by atoms with van der Waals surface area (Å²) in [5.41, 5.74) is -0.639. The van der Waals surface area contributed by atoms with Gasteiger partial charge in [0.2, 0.25) is 5.13 Å². The lowest BCUT2D eigenvalue weighted by Crippen LogP contribution is -2.31. The lowest BCUT2D eigenvalue weighted by atomic mass is 9.90. The zero-order valence-corrected chi connectivity index (χ0v) is 9.54. The van der Waals surface area contributed by atoms with Crippen LogP contribution < -0.4 is 4.90 Å². The summed E-state index contributed by atoms with van der Waals surface area (Å²) in [5.74, 6) is 0.0187. The van der Waals surface area contributed by atoms with Crippen LogP contribution in [0.15, 0.2) is 0 Å². The van der Waals surface area contributed by atoms with Gasteiger partial charge in [-0.3, -0.25) is 4.79 Å². The molecule has 1 atom stereocenters. The maximum absolute atomic E-state index is 11.0. The first-order valence-corrected chi connectivity index (χ1v) is 5.57. The summed E-state index contributed by atoms with van der Waals surface area (Å²) < 4.78 is 4.10. The van der Waals surface area contributed by atoms with Gasteiger partial charge < -0.3 is 10.0 Å². The van der Waals surface area contributed by atoms with Gasteiger partial charge in [0.25, 0.3) is 0 Å². The molecule has 1 fully saturated rings. The lowest BCUT2D eigenvalue weighted by Gasteiger charge is -2.18. The maximum Gasteiger partial charge on any atom is 0.311 e. The first-order valence-electron chi connectivity index (χ1n) is 4.80. The van der Waals surface area contributed by atoms with Gasteiger partial charge in [0.1, 0.15) is 5.82 Å². The van der Waals surface area contributed by atoms with Crippen molar-refractivity contribution in [3.05, 3.63) is 5.82 Å². The van der Waals surface area contributed by atoms with E-state index in [0.717, 1.165) is 17.5 Å². The second-order valence-electron chi connectivity index (χ2n) is 4.16. The van der Waals surface area contributed by atoms with Crippen LogP contribution in [0.5, 0.6) is 0 Å². The Morgan fingerprint density at radius 3 is 2.87 bits per heavy atom. The molecule has 0 bridgehead atoms. The van der Waals surface area contributed by atoms with E-state index in [2.05, 4.69) is 9.36 Å². The van der Waals surface area contributed by atoms with Crippen molar-refractivity contribution in [3.63, 3.8) is 0 Å². The molecule has 0 aliphatic carbocycles. The SMILES string of the molecule is Cc1nsc(N2CCC(C)(C(=O)O)C2)n1. The van der Waals surface area contributed by atoms with Crippen LogP contribution in [0.25, 0.3) is 0 Å². The zero-order chi connectivity index (χ0) is 11.1. The van der Waals surface area contributed by atoms with Gasteiger partial charge in [0.15, 0.2) is 0 Å². The summed E-state index contributed by atoms with van der Waals surface area (Å²) in [6, 6.07) is 0. The molecule has 1 aliphatic rings. The van der Waals surface area contributed by atoms with Gasteiger partial charge in [-0.1, -0.05) is 0 Å². The molecule has 0 amide bonds. The van der Waals surface area contributed by atoms with Gasteiger partial charge in [0.05, 0.1) is 5.41 Å².